The molecule has 0 amide bonds. The second-order valence-electron chi connectivity index (χ2n) is 2.01. The number of pyridine rings is 1. The summed E-state index contributed by atoms with van der Waals surface area (Å²) in [4.78, 5) is 3.89. The molecule has 0 saturated carbocycles. The number of hydrogen-bond donors (Lipinski definition) is 1. The largest absolute Gasteiger partial charge is 0.477 e. The molecule has 0 spiro atoms. The molecule has 0 bridgehead atoms. The van der Waals surface area contributed by atoms with Crippen molar-refractivity contribution in [3.8, 4) is 5.88 Å². The van der Waals surface area contributed by atoms with Gasteiger partial charge in [0.2, 0.25) is 5.88 Å². The molecule has 3 heteroatoms. The van der Waals surface area contributed by atoms with Gasteiger partial charge in [-0.3, -0.25) is 0 Å². The van der Waals surface area contributed by atoms with E-state index in [1.807, 2.05) is 0 Å². The van der Waals surface area contributed by atoms with Crippen molar-refractivity contribution >= 4 is 0 Å². The molecular weight excluding hydrogens is 142 g/mol. The van der Waals surface area contributed by atoms with E-state index in [9.17, 15) is 0 Å². The number of ether oxygens (including phenoxy) is 1. The summed E-state index contributed by atoms with van der Waals surface area (Å²) >= 11 is 0. The summed E-state index contributed by atoms with van der Waals surface area (Å²) in [5, 5.41) is 8.43. The number of nitrogens with zero attached hydrogens (tertiary/aromatic N) is 1. The van der Waals surface area contributed by atoms with E-state index in [0.29, 0.717) is 18.9 Å². The zero-order chi connectivity index (χ0) is 7.94. The van der Waals surface area contributed by atoms with E-state index in [1.165, 1.54) is 0 Å². The molecule has 11 heavy (non-hydrogen) atoms. The van der Waals surface area contributed by atoms with Gasteiger partial charge in [0.05, 0.1) is 6.61 Å². The van der Waals surface area contributed by atoms with E-state index < -0.39 is 0 Å². The summed E-state index contributed by atoms with van der Waals surface area (Å²) in [5.74, 6) is 0.487. The number of aliphatic hydroxyl groups excluding tert-OH is 1. The molecule has 0 aliphatic heterocycles. The third-order valence-corrected chi connectivity index (χ3v) is 1.12. The van der Waals surface area contributed by atoms with E-state index in [0.717, 1.165) is 0 Å². The molecule has 1 aromatic rings. The van der Waals surface area contributed by atoms with Gasteiger partial charge in [0.15, 0.2) is 0 Å². The predicted molar refractivity (Wildman–Crippen MR) is 40.3 cm³/mol. The molecule has 3 nitrogen and oxygen atoms in total. The van der Waals surface area contributed by atoms with E-state index >= 15 is 0 Å². The number of aliphatic hydroxyl groups is 1. The SMILES string of the molecule is OCCCOc1[c]cccn1. The van der Waals surface area contributed by atoms with Crippen molar-refractivity contribution in [3.63, 3.8) is 0 Å². The summed E-state index contributed by atoms with van der Waals surface area (Å²) in [6.45, 7) is 0.636. The van der Waals surface area contributed by atoms with Gasteiger partial charge >= 0.3 is 0 Å². The Hall–Kier alpha value is -1.09. The summed E-state index contributed by atoms with van der Waals surface area (Å²) in [6, 6.07) is 6.33. The van der Waals surface area contributed by atoms with Crippen LogP contribution >= 0.6 is 0 Å². The topological polar surface area (TPSA) is 42.4 Å². The van der Waals surface area contributed by atoms with Crippen LogP contribution in [0.1, 0.15) is 6.42 Å². The van der Waals surface area contributed by atoms with Crippen LogP contribution in [0.5, 0.6) is 5.88 Å². The summed E-state index contributed by atoms with van der Waals surface area (Å²) in [7, 11) is 0. The van der Waals surface area contributed by atoms with Crippen molar-refractivity contribution in [1.82, 2.24) is 4.98 Å². The molecule has 1 rings (SSSR count). The van der Waals surface area contributed by atoms with Crippen LogP contribution in [0.15, 0.2) is 18.3 Å². The van der Waals surface area contributed by atoms with Crippen LogP contribution in [0, 0.1) is 6.07 Å². The first-order chi connectivity index (χ1) is 5.43. The molecule has 0 aliphatic carbocycles. The molecule has 0 aliphatic rings. The minimum atomic E-state index is 0.146. The van der Waals surface area contributed by atoms with E-state index in [-0.39, 0.29) is 6.61 Å². The Labute approximate surface area is 65.7 Å². The van der Waals surface area contributed by atoms with Crippen LogP contribution in [0.2, 0.25) is 0 Å². The smallest absolute Gasteiger partial charge is 0.221 e. The highest BCUT2D eigenvalue weighted by molar-refractivity contribution is 5.06. The molecule has 1 aromatic heterocycles. The maximum atomic E-state index is 8.43. The minimum absolute atomic E-state index is 0.146. The Morgan fingerprint density at radius 3 is 3.18 bits per heavy atom. The number of hydrogen-bond acceptors (Lipinski definition) is 3. The standard InChI is InChI=1S/C8H10NO2/c10-6-3-7-11-8-4-1-2-5-9-8/h1-2,5,10H,3,6-7H2. The van der Waals surface area contributed by atoms with Crippen molar-refractivity contribution in [2.45, 2.75) is 6.42 Å². The highest BCUT2D eigenvalue weighted by atomic mass is 16.5. The van der Waals surface area contributed by atoms with Gasteiger partial charge < -0.3 is 9.84 Å². The van der Waals surface area contributed by atoms with Gasteiger partial charge in [-0.2, -0.15) is 0 Å². The van der Waals surface area contributed by atoms with Crippen LogP contribution in [0.25, 0.3) is 0 Å². The van der Waals surface area contributed by atoms with Gasteiger partial charge in [-0.15, -0.1) is 0 Å². The lowest BCUT2D eigenvalue weighted by molar-refractivity contribution is 0.229. The average molecular weight is 152 g/mol. The lowest BCUT2D eigenvalue weighted by atomic mass is 10.5. The van der Waals surface area contributed by atoms with Crippen LogP contribution in [-0.4, -0.2) is 23.3 Å². The van der Waals surface area contributed by atoms with Crippen molar-refractivity contribution in [2.24, 2.45) is 0 Å². The maximum Gasteiger partial charge on any atom is 0.221 e. The fourth-order valence-electron chi connectivity index (χ4n) is 0.623. The van der Waals surface area contributed by atoms with Gasteiger partial charge in [-0.1, -0.05) is 0 Å². The first kappa shape index (κ1) is 8.01. The zero-order valence-corrected chi connectivity index (χ0v) is 6.16. The average Bonchev–Trinajstić information content (AvgIpc) is 2.07. The zero-order valence-electron chi connectivity index (χ0n) is 6.16. The first-order valence-electron chi connectivity index (χ1n) is 3.50. The Morgan fingerprint density at radius 2 is 2.55 bits per heavy atom. The lowest BCUT2D eigenvalue weighted by Crippen LogP contribution is -2.00. The molecular formula is C8H10NO2. The summed E-state index contributed by atoms with van der Waals surface area (Å²) in [6.07, 6.45) is 2.27. The van der Waals surface area contributed by atoms with Crippen LogP contribution in [-0.2, 0) is 0 Å². The van der Waals surface area contributed by atoms with Gasteiger partial charge in [-0.05, 0) is 12.1 Å². The summed E-state index contributed by atoms with van der Waals surface area (Å²) in [5.41, 5.74) is 0. The first-order valence-corrected chi connectivity index (χ1v) is 3.50. The number of rotatable bonds is 4. The molecule has 1 radical (unpaired) electrons. The van der Waals surface area contributed by atoms with E-state index in [4.69, 9.17) is 9.84 Å². The molecule has 1 heterocycles. The number of aromatic nitrogens is 1. The Kier molecular flexibility index (Phi) is 3.41. The molecule has 0 aromatic carbocycles. The lowest BCUT2D eigenvalue weighted by Gasteiger charge is -2.01. The highest BCUT2D eigenvalue weighted by Gasteiger charge is 1.91. The second-order valence-corrected chi connectivity index (χ2v) is 2.01. The Balaban J connectivity index is 2.28. The van der Waals surface area contributed by atoms with Crippen molar-refractivity contribution in [1.29, 1.82) is 0 Å². The highest BCUT2D eigenvalue weighted by Crippen LogP contribution is 2.01. The van der Waals surface area contributed by atoms with Crippen LogP contribution < -0.4 is 4.74 Å². The summed E-state index contributed by atoms with van der Waals surface area (Å²) < 4.78 is 5.12. The fraction of sp³-hybridized carbons (Fsp3) is 0.375. The quantitative estimate of drug-likeness (QED) is 0.644. The molecule has 0 unspecified atom stereocenters. The monoisotopic (exact) mass is 152 g/mol. The van der Waals surface area contributed by atoms with Crippen LogP contribution in [0.4, 0.5) is 0 Å². The fourth-order valence-corrected chi connectivity index (χ4v) is 0.623. The molecule has 0 fully saturated rings. The Bertz CT molecular complexity index is 189. The third kappa shape index (κ3) is 3.00. The molecule has 59 valence electrons. The third-order valence-electron chi connectivity index (χ3n) is 1.12. The normalized spacial score (nSPS) is 9.55. The van der Waals surface area contributed by atoms with Crippen LogP contribution in [0.3, 0.4) is 0 Å². The van der Waals surface area contributed by atoms with Gasteiger partial charge in [0.1, 0.15) is 0 Å². The molecule has 0 saturated heterocycles. The molecule has 0 atom stereocenters. The minimum Gasteiger partial charge on any atom is -0.477 e. The van der Waals surface area contributed by atoms with E-state index in [1.54, 1.807) is 18.3 Å². The van der Waals surface area contributed by atoms with Crippen molar-refractivity contribution < 1.29 is 9.84 Å². The molecule has 1 N–H and O–H groups in total. The van der Waals surface area contributed by atoms with Gasteiger partial charge in [0.25, 0.3) is 0 Å². The van der Waals surface area contributed by atoms with Crippen molar-refractivity contribution in [2.75, 3.05) is 13.2 Å². The van der Waals surface area contributed by atoms with Gasteiger partial charge in [-0.25, -0.2) is 4.98 Å². The van der Waals surface area contributed by atoms with Crippen molar-refractivity contribution in [3.05, 3.63) is 24.4 Å². The maximum absolute atomic E-state index is 8.43. The second kappa shape index (κ2) is 4.68. The Morgan fingerprint density at radius 1 is 1.64 bits per heavy atom. The predicted octanol–water partition coefficient (Wildman–Crippen LogP) is 0.643. The van der Waals surface area contributed by atoms with E-state index in [2.05, 4.69) is 11.1 Å². The van der Waals surface area contributed by atoms with Gasteiger partial charge in [0, 0.05) is 25.3 Å².